The van der Waals surface area contributed by atoms with E-state index in [-0.39, 0.29) is 11.0 Å². The molecule has 0 unspecified atom stereocenters. The van der Waals surface area contributed by atoms with Gasteiger partial charge in [-0.2, -0.15) is 0 Å². The molecule has 0 bridgehead atoms. The van der Waals surface area contributed by atoms with Crippen LogP contribution in [-0.2, 0) is 0 Å². The molecule has 0 aliphatic carbocycles. The number of thiocarbonyl (C=S) groups is 1. The van der Waals surface area contributed by atoms with Crippen LogP contribution in [-0.4, -0.2) is 30.0 Å². The Hall–Kier alpha value is -1.66. The molecule has 4 nitrogen and oxygen atoms in total. The Balaban J connectivity index is 2.39. The number of hydrogen-bond donors (Lipinski definition) is 2. The Morgan fingerprint density at radius 1 is 1.39 bits per heavy atom. The molecular formula is C12H13N3OS2. The minimum Gasteiger partial charge on any atom is -0.376 e. The summed E-state index contributed by atoms with van der Waals surface area (Å²) in [5.41, 5.74) is 6.25. The molecule has 0 saturated heterocycles. The van der Waals surface area contributed by atoms with Gasteiger partial charge in [-0.1, -0.05) is 0 Å². The van der Waals surface area contributed by atoms with Crippen LogP contribution < -0.4 is 11.1 Å². The summed E-state index contributed by atoms with van der Waals surface area (Å²) < 4.78 is 1.06. The highest BCUT2D eigenvalue weighted by Gasteiger charge is 2.12. The van der Waals surface area contributed by atoms with E-state index in [9.17, 15) is 4.79 Å². The lowest BCUT2D eigenvalue weighted by atomic mass is 10.2. The third-order valence-corrected chi connectivity index (χ3v) is 3.61. The van der Waals surface area contributed by atoms with E-state index in [2.05, 4.69) is 5.32 Å². The Morgan fingerprint density at radius 2 is 2.11 bits per heavy atom. The average Bonchev–Trinajstić information content (AvgIpc) is 2.69. The van der Waals surface area contributed by atoms with Gasteiger partial charge in [0.15, 0.2) is 5.11 Å². The van der Waals surface area contributed by atoms with Crippen LogP contribution in [0.4, 0.5) is 5.69 Å². The number of rotatable bonds is 2. The van der Waals surface area contributed by atoms with Gasteiger partial charge in [0.2, 0.25) is 0 Å². The number of nitrogens with two attached hydrogens (primary N) is 1. The Bertz CT molecular complexity index is 619. The maximum Gasteiger partial charge on any atom is 0.263 e. The number of hydrogen-bond acceptors (Lipinski definition) is 3. The molecule has 94 valence electrons. The van der Waals surface area contributed by atoms with Gasteiger partial charge in [0.05, 0.1) is 4.88 Å². The van der Waals surface area contributed by atoms with Crippen molar-refractivity contribution >= 4 is 50.3 Å². The first kappa shape index (κ1) is 12.8. The molecule has 1 aromatic heterocycles. The molecule has 1 amide bonds. The number of thiophene rings is 1. The monoisotopic (exact) mass is 279 g/mol. The van der Waals surface area contributed by atoms with Crippen LogP contribution in [0.25, 0.3) is 10.1 Å². The summed E-state index contributed by atoms with van der Waals surface area (Å²) in [6, 6.07) is 7.65. The maximum atomic E-state index is 11.9. The lowest BCUT2D eigenvalue weighted by molar-refractivity contribution is 0.0832. The predicted octanol–water partition coefficient (Wildman–Crippen LogP) is 2.26. The van der Waals surface area contributed by atoms with Gasteiger partial charge in [-0.25, -0.2) is 0 Å². The molecule has 0 fully saturated rings. The van der Waals surface area contributed by atoms with Crippen molar-refractivity contribution in [2.75, 3.05) is 19.4 Å². The molecule has 6 heteroatoms. The number of benzene rings is 1. The highest BCUT2D eigenvalue weighted by molar-refractivity contribution is 7.80. The van der Waals surface area contributed by atoms with Crippen molar-refractivity contribution in [3.05, 3.63) is 29.1 Å². The summed E-state index contributed by atoms with van der Waals surface area (Å²) in [5.74, 6) is 0.0139. The molecule has 1 aromatic carbocycles. The lowest BCUT2D eigenvalue weighted by Gasteiger charge is -2.06. The largest absolute Gasteiger partial charge is 0.376 e. The van der Waals surface area contributed by atoms with E-state index in [1.54, 1.807) is 19.0 Å². The topological polar surface area (TPSA) is 58.4 Å². The van der Waals surface area contributed by atoms with Crippen LogP contribution in [0.1, 0.15) is 9.67 Å². The minimum absolute atomic E-state index is 0.0139. The van der Waals surface area contributed by atoms with E-state index in [1.807, 2.05) is 24.3 Å². The van der Waals surface area contributed by atoms with Crippen LogP contribution >= 0.6 is 23.6 Å². The number of amides is 1. The first-order chi connectivity index (χ1) is 8.47. The second-order valence-corrected chi connectivity index (χ2v) is 5.58. The summed E-state index contributed by atoms with van der Waals surface area (Å²) in [6.07, 6.45) is 0. The number of carbonyl (C=O) groups excluding carboxylic acids is 1. The summed E-state index contributed by atoms with van der Waals surface area (Å²) in [4.78, 5) is 14.1. The van der Waals surface area contributed by atoms with Gasteiger partial charge in [-0.15, -0.1) is 11.3 Å². The summed E-state index contributed by atoms with van der Waals surface area (Å²) >= 11 is 6.27. The van der Waals surface area contributed by atoms with Crippen molar-refractivity contribution in [3.8, 4) is 0 Å². The van der Waals surface area contributed by atoms with Crippen molar-refractivity contribution in [2.24, 2.45) is 5.73 Å². The van der Waals surface area contributed by atoms with Crippen LogP contribution in [0.2, 0.25) is 0 Å². The van der Waals surface area contributed by atoms with Crippen LogP contribution in [0, 0.1) is 0 Å². The second kappa shape index (κ2) is 4.91. The molecule has 0 radical (unpaired) electrons. The molecule has 0 aliphatic rings. The number of anilines is 1. The van der Waals surface area contributed by atoms with Crippen molar-refractivity contribution < 1.29 is 4.79 Å². The minimum atomic E-state index is 0.0139. The van der Waals surface area contributed by atoms with E-state index >= 15 is 0 Å². The third kappa shape index (κ3) is 2.60. The quantitative estimate of drug-likeness (QED) is 0.828. The maximum absolute atomic E-state index is 11.9. The average molecular weight is 279 g/mol. The lowest BCUT2D eigenvalue weighted by Crippen LogP contribution is -2.20. The summed E-state index contributed by atoms with van der Waals surface area (Å²) in [7, 11) is 3.49. The van der Waals surface area contributed by atoms with Gasteiger partial charge in [-0.3, -0.25) is 4.79 Å². The number of carbonyl (C=O) groups is 1. The van der Waals surface area contributed by atoms with E-state index in [0.29, 0.717) is 0 Å². The zero-order chi connectivity index (χ0) is 13.3. The Morgan fingerprint density at radius 3 is 2.72 bits per heavy atom. The molecule has 0 atom stereocenters. The molecule has 2 aromatic rings. The van der Waals surface area contributed by atoms with Crippen LogP contribution in [0.3, 0.4) is 0 Å². The summed E-state index contributed by atoms with van der Waals surface area (Å²) in [6.45, 7) is 0. The van der Waals surface area contributed by atoms with Gasteiger partial charge in [0.1, 0.15) is 0 Å². The fraction of sp³-hybridized carbons (Fsp3) is 0.167. The zero-order valence-corrected chi connectivity index (χ0v) is 11.7. The van der Waals surface area contributed by atoms with Crippen molar-refractivity contribution in [1.82, 2.24) is 4.90 Å². The fourth-order valence-electron chi connectivity index (χ4n) is 1.59. The standard InChI is InChI=1S/C12H13N3OS2/c1-15(2)11(16)10-6-7-5-8(14-12(13)17)3-4-9(7)18-10/h3-6H,1-2H3,(H3,13,14,17). The molecule has 3 N–H and O–H groups in total. The first-order valence-electron chi connectivity index (χ1n) is 5.29. The molecule has 0 aliphatic heterocycles. The number of nitrogens with one attached hydrogen (secondary N) is 1. The zero-order valence-electron chi connectivity index (χ0n) is 10.1. The van der Waals surface area contributed by atoms with Crippen molar-refractivity contribution in [2.45, 2.75) is 0 Å². The SMILES string of the molecule is CN(C)C(=O)c1cc2cc(NC(N)=S)ccc2s1. The first-order valence-corrected chi connectivity index (χ1v) is 6.51. The molecule has 18 heavy (non-hydrogen) atoms. The fourth-order valence-corrected chi connectivity index (χ4v) is 2.77. The predicted molar refractivity (Wildman–Crippen MR) is 80.3 cm³/mol. The number of nitrogens with zero attached hydrogens (tertiary/aromatic N) is 1. The normalized spacial score (nSPS) is 10.3. The van der Waals surface area contributed by atoms with Gasteiger partial charge < -0.3 is 16.0 Å². The highest BCUT2D eigenvalue weighted by atomic mass is 32.1. The van der Waals surface area contributed by atoms with Crippen LogP contribution in [0.15, 0.2) is 24.3 Å². The molecular weight excluding hydrogens is 266 g/mol. The van der Waals surface area contributed by atoms with Gasteiger partial charge in [-0.05, 0) is 41.9 Å². The molecule has 0 saturated carbocycles. The number of fused-ring (bicyclic) bond motifs is 1. The summed E-state index contributed by atoms with van der Waals surface area (Å²) in [5, 5.41) is 4.11. The molecule has 2 rings (SSSR count). The smallest absolute Gasteiger partial charge is 0.263 e. The molecule has 1 heterocycles. The van der Waals surface area contributed by atoms with E-state index in [1.165, 1.54) is 11.3 Å². The Labute approximate surface area is 114 Å². The molecule has 0 spiro atoms. The van der Waals surface area contributed by atoms with E-state index in [4.69, 9.17) is 18.0 Å². The van der Waals surface area contributed by atoms with Crippen molar-refractivity contribution in [1.29, 1.82) is 0 Å². The highest BCUT2D eigenvalue weighted by Crippen LogP contribution is 2.28. The van der Waals surface area contributed by atoms with E-state index in [0.717, 1.165) is 20.7 Å². The van der Waals surface area contributed by atoms with Gasteiger partial charge >= 0.3 is 0 Å². The van der Waals surface area contributed by atoms with Crippen molar-refractivity contribution in [3.63, 3.8) is 0 Å². The van der Waals surface area contributed by atoms with Gasteiger partial charge in [0, 0.05) is 24.5 Å². The third-order valence-electron chi connectivity index (χ3n) is 2.40. The van der Waals surface area contributed by atoms with Gasteiger partial charge in [0.25, 0.3) is 5.91 Å². The second-order valence-electron chi connectivity index (χ2n) is 4.05. The van der Waals surface area contributed by atoms with E-state index < -0.39 is 0 Å². The Kier molecular flexibility index (Phi) is 3.49. The van der Waals surface area contributed by atoms with Crippen LogP contribution in [0.5, 0.6) is 0 Å².